The Morgan fingerprint density at radius 3 is 2.60 bits per heavy atom. The first-order valence-electron chi connectivity index (χ1n) is 7.04. The molecule has 3 N–H and O–H groups in total. The van der Waals surface area contributed by atoms with Crippen molar-refractivity contribution >= 4 is 27.5 Å². The molecule has 1 atom stereocenters. The number of hydrogen-bond acceptors (Lipinski definition) is 3. The minimum absolute atomic E-state index is 0.0401. The van der Waals surface area contributed by atoms with Gasteiger partial charge in [-0.15, -0.1) is 0 Å². The lowest BCUT2D eigenvalue weighted by atomic mass is 9.96. The lowest BCUT2D eigenvalue weighted by Gasteiger charge is -2.32. The summed E-state index contributed by atoms with van der Waals surface area (Å²) in [7, 11) is 1.96. The quantitative estimate of drug-likeness (QED) is 0.885. The fourth-order valence-electron chi connectivity index (χ4n) is 2.64. The third kappa shape index (κ3) is 3.33. The van der Waals surface area contributed by atoms with Crippen LogP contribution in [0.15, 0.2) is 22.7 Å². The number of primary amides is 1. The molecule has 5 heteroatoms. The molecule has 1 amide bonds. The monoisotopic (exact) mass is 339 g/mol. The van der Waals surface area contributed by atoms with Crippen molar-refractivity contribution in [3.05, 3.63) is 28.2 Å². The van der Waals surface area contributed by atoms with Crippen molar-refractivity contribution in [2.24, 2.45) is 11.7 Å². The van der Waals surface area contributed by atoms with Gasteiger partial charge in [0.05, 0.1) is 0 Å². The Morgan fingerprint density at radius 2 is 2.10 bits per heavy atom. The molecule has 2 rings (SSSR count). The average molecular weight is 340 g/mol. The molecule has 0 aromatic heterocycles. The molecule has 4 nitrogen and oxygen atoms in total. The van der Waals surface area contributed by atoms with Crippen LogP contribution in [-0.2, 0) is 4.79 Å². The molecule has 1 fully saturated rings. The normalized spacial score (nSPS) is 18.1. The summed E-state index contributed by atoms with van der Waals surface area (Å²) in [6.45, 7) is 3.92. The molecule has 1 aromatic carbocycles. The molecule has 1 aromatic rings. The summed E-state index contributed by atoms with van der Waals surface area (Å²) in [5, 5.41) is 3.24. The Labute approximate surface area is 128 Å². The summed E-state index contributed by atoms with van der Waals surface area (Å²) in [5.41, 5.74) is 7.83. The highest BCUT2D eigenvalue weighted by molar-refractivity contribution is 9.10. The predicted molar refractivity (Wildman–Crippen MR) is 85.7 cm³/mol. The molecular formula is C15H22BrN3O. The number of hydrogen-bond donors (Lipinski definition) is 2. The number of nitrogens with zero attached hydrogens (tertiary/aromatic N) is 1. The van der Waals surface area contributed by atoms with Gasteiger partial charge >= 0.3 is 0 Å². The number of benzene rings is 1. The highest BCUT2D eigenvalue weighted by Gasteiger charge is 2.23. The second-order valence-corrected chi connectivity index (χ2v) is 6.23. The molecule has 1 unspecified atom stereocenters. The van der Waals surface area contributed by atoms with Gasteiger partial charge in [0.1, 0.15) is 0 Å². The fourth-order valence-corrected chi connectivity index (χ4v) is 3.35. The van der Waals surface area contributed by atoms with Crippen LogP contribution >= 0.6 is 15.9 Å². The number of amides is 1. The number of nitrogens with one attached hydrogen (secondary N) is 1. The number of nitrogens with two attached hydrogens (primary N) is 1. The molecular weight excluding hydrogens is 318 g/mol. The summed E-state index contributed by atoms with van der Waals surface area (Å²) in [5.74, 6) is -0.123. The molecule has 0 saturated carbocycles. The number of anilines is 1. The molecule has 1 heterocycles. The largest absolute Gasteiger partial charge is 0.371 e. The maximum absolute atomic E-state index is 11.2. The third-order valence-electron chi connectivity index (χ3n) is 4.15. The fraction of sp³-hybridized carbons (Fsp3) is 0.533. The Morgan fingerprint density at radius 1 is 1.45 bits per heavy atom. The summed E-state index contributed by atoms with van der Waals surface area (Å²) in [6, 6.07) is 6.78. The SMILES string of the molecule is CNC(C)c1ccc(N2CCC(C(N)=O)CC2)cc1Br. The lowest BCUT2D eigenvalue weighted by Crippen LogP contribution is -2.38. The Bertz CT molecular complexity index is 484. The van der Waals surface area contributed by atoms with Gasteiger partial charge in [-0.2, -0.15) is 0 Å². The number of rotatable bonds is 4. The van der Waals surface area contributed by atoms with Crippen LogP contribution in [-0.4, -0.2) is 26.0 Å². The second kappa shape index (κ2) is 6.59. The summed E-state index contributed by atoms with van der Waals surface area (Å²) in [6.07, 6.45) is 1.70. The second-order valence-electron chi connectivity index (χ2n) is 5.38. The van der Waals surface area contributed by atoms with E-state index in [0.29, 0.717) is 6.04 Å². The first-order valence-corrected chi connectivity index (χ1v) is 7.83. The van der Waals surface area contributed by atoms with Crippen molar-refractivity contribution in [3.8, 4) is 0 Å². The number of piperidine rings is 1. The van der Waals surface area contributed by atoms with Crippen LogP contribution in [0.4, 0.5) is 5.69 Å². The van der Waals surface area contributed by atoms with Crippen molar-refractivity contribution in [2.45, 2.75) is 25.8 Å². The Balaban J connectivity index is 2.07. The minimum atomic E-state index is -0.163. The Hall–Kier alpha value is -1.07. The topological polar surface area (TPSA) is 58.4 Å². The van der Waals surface area contributed by atoms with E-state index in [1.807, 2.05) is 7.05 Å². The van der Waals surface area contributed by atoms with Gasteiger partial charge in [0.15, 0.2) is 0 Å². The zero-order valence-electron chi connectivity index (χ0n) is 12.0. The van der Waals surface area contributed by atoms with E-state index in [1.54, 1.807) is 0 Å². The van der Waals surface area contributed by atoms with Crippen LogP contribution in [0.3, 0.4) is 0 Å². The van der Waals surface area contributed by atoms with Crippen LogP contribution in [0.2, 0.25) is 0 Å². The molecule has 1 aliphatic rings. The summed E-state index contributed by atoms with van der Waals surface area (Å²) in [4.78, 5) is 13.5. The first-order chi connectivity index (χ1) is 9.52. The van der Waals surface area contributed by atoms with E-state index in [1.165, 1.54) is 11.3 Å². The van der Waals surface area contributed by atoms with Gasteiger partial charge in [-0.1, -0.05) is 22.0 Å². The molecule has 1 saturated heterocycles. The van der Waals surface area contributed by atoms with Gasteiger partial charge in [0, 0.05) is 35.2 Å². The average Bonchev–Trinajstić information content (AvgIpc) is 2.46. The van der Waals surface area contributed by atoms with Gasteiger partial charge < -0.3 is 16.0 Å². The van der Waals surface area contributed by atoms with Crippen LogP contribution in [0.5, 0.6) is 0 Å². The molecule has 0 spiro atoms. The number of carbonyl (C=O) groups is 1. The van der Waals surface area contributed by atoms with E-state index < -0.39 is 0 Å². The summed E-state index contributed by atoms with van der Waals surface area (Å²) >= 11 is 3.65. The molecule has 110 valence electrons. The van der Waals surface area contributed by atoms with Gasteiger partial charge in [-0.3, -0.25) is 4.79 Å². The standard InChI is InChI=1S/C15H22BrN3O/c1-10(18-2)13-4-3-12(9-14(13)16)19-7-5-11(6-8-19)15(17)20/h3-4,9-11,18H,5-8H2,1-2H3,(H2,17,20). The van der Waals surface area contributed by atoms with Crippen LogP contribution in [0.25, 0.3) is 0 Å². The third-order valence-corrected chi connectivity index (χ3v) is 4.83. The smallest absolute Gasteiger partial charge is 0.220 e. The van der Waals surface area contributed by atoms with Gasteiger partial charge in [0.25, 0.3) is 0 Å². The number of halogens is 1. The van der Waals surface area contributed by atoms with Crippen LogP contribution in [0, 0.1) is 5.92 Å². The highest BCUT2D eigenvalue weighted by atomic mass is 79.9. The highest BCUT2D eigenvalue weighted by Crippen LogP contribution is 2.30. The van der Waals surface area contributed by atoms with Crippen molar-refractivity contribution in [3.63, 3.8) is 0 Å². The zero-order valence-corrected chi connectivity index (χ0v) is 13.6. The van der Waals surface area contributed by atoms with E-state index in [0.717, 1.165) is 30.4 Å². The van der Waals surface area contributed by atoms with Crippen molar-refractivity contribution in [1.82, 2.24) is 5.32 Å². The van der Waals surface area contributed by atoms with E-state index >= 15 is 0 Å². The lowest BCUT2D eigenvalue weighted by molar-refractivity contribution is -0.122. The molecule has 0 bridgehead atoms. The van der Waals surface area contributed by atoms with Crippen LogP contribution < -0.4 is 16.0 Å². The molecule has 20 heavy (non-hydrogen) atoms. The summed E-state index contributed by atoms with van der Waals surface area (Å²) < 4.78 is 1.12. The van der Waals surface area contributed by atoms with Crippen molar-refractivity contribution < 1.29 is 4.79 Å². The van der Waals surface area contributed by atoms with E-state index in [2.05, 4.69) is 51.3 Å². The van der Waals surface area contributed by atoms with Crippen LogP contribution in [0.1, 0.15) is 31.4 Å². The van der Waals surface area contributed by atoms with Gasteiger partial charge in [-0.05, 0) is 44.5 Å². The van der Waals surface area contributed by atoms with E-state index in [-0.39, 0.29) is 11.8 Å². The Kier molecular flexibility index (Phi) is 5.05. The van der Waals surface area contributed by atoms with E-state index in [9.17, 15) is 4.79 Å². The minimum Gasteiger partial charge on any atom is -0.371 e. The maximum atomic E-state index is 11.2. The van der Waals surface area contributed by atoms with Crippen molar-refractivity contribution in [2.75, 3.05) is 25.0 Å². The predicted octanol–water partition coefficient (Wildman–Crippen LogP) is 2.43. The van der Waals surface area contributed by atoms with Crippen molar-refractivity contribution in [1.29, 1.82) is 0 Å². The number of carbonyl (C=O) groups excluding carboxylic acids is 1. The maximum Gasteiger partial charge on any atom is 0.220 e. The molecule has 0 radical (unpaired) electrons. The van der Waals surface area contributed by atoms with Gasteiger partial charge in [0.2, 0.25) is 5.91 Å². The van der Waals surface area contributed by atoms with Gasteiger partial charge in [-0.25, -0.2) is 0 Å². The van der Waals surface area contributed by atoms with E-state index in [4.69, 9.17) is 5.73 Å². The first kappa shape index (κ1) is 15.3. The molecule has 0 aliphatic carbocycles. The zero-order chi connectivity index (χ0) is 14.7. The molecule has 1 aliphatic heterocycles.